The van der Waals surface area contributed by atoms with Crippen molar-refractivity contribution in [2.45, 2.75) is 26.2 Å². The molecule has 1 heterocycles. The molecule has 6 rings (SSSR count). The molecular formula is C32H32ClN3O2. The van der Waals surface area contributed by atoms with E-state index in [2.05, 4.69) is 59.2 Å². The lowest BCUT2D eigenvalue weighted by Gasteiger charge is -2.39. The van der Waals surface area contributed by atoms with Crippen molar-refractivity contribution in [3.05, 3.63) is 95.1 Å². The summed E-state index contributed by atoms with van der Waals surface area (Å²) in [5.74, 6) is -0.467. The van der Waals surface area contributed by atoms with E-state index in [0.29, 0.717) is 29.8 Å². The molecule has 2 N–H and O–H groups in total. The monoisotopic (exact) mass is 525 g/mol. The van der Waals surface area contributed by atoms with Crippen LogP contribution in [0.25, 0.3) is 21.9 Å². The average Bonchev–Trinajstić information content (AvgIpc) is 3.22. The quantitative estimate of drug-likeness (QED) is 0.285. The minimum atomic E-state index is -0.454. The van der Waals surface area contributed by atoms with Gasteiger partial charge in [-0.05, 0) is 47.1 Å². The van der Waals surface area contributed by atoms with Gasteiger partial charge in [0.1, 0.15) is 0 Å². The van der Waals surface area contributed by atoms with Gasteiger partial charge in [-0.1, -0.05) is 74.0 Å². The number of unbranched alkanes of at least 4 members (excludes halogenated alkanes) is 1. The van der Waals surface area contributed by atoms with Crippen LogP contribution in [0.15, 0.2) is 72.8 Å². The zero-order chi connectivity index (χ0) is 25.5. The van der Waals surface area contributed by atoms with E-state index in [1.807, 2.05) is 30.3 Å². The number of nitrogens with two attached hydrogens (primary N) is 1. The molecule has 6 heteroatoms. The molecule has 0 aromatic heterocycles. The summed E-state index contributed by atoms with van der Waals surface area (Å²) in [7, 11) is 0. The van der Waals surface area contributed by atoms with Crippen LogP contribution >= 0.6 is 12.4 Å². The fourth-order valence-electron chi connectivity index (χ4n) is 6.03. The number of hydrogen-bond donors (Lipinski definition) is 1. The van der Waals surface area contributed by atoms with E-state index in [4.69, 9.17) is 5.73 Å². The highest BCUT2D eigenvalue weighted by molar-refractivity contribution is 6.26. The van der Waals surface area contributed by atoms with Crippen molar-refractivity contribution >= 4 is 46.2 Å². The van der Waals surface area contributed by atoms with E-state index in [0.717, 1.165) is 54.7 Å². The summed E-state index contributed by atoms with van der Waals surface area (Å²) in [5.41, 5.74) is 12.7. The van der Waals surface area contributed by atoms with Crippen molar-refractivity contribution in [1.29, 1.82) is 0 Å². The maximum absolute atomic E-state index is 13.7. The highest BCUT2D eigenvalue weighted by Crippen LogP contribution is 2.45. The Morgan fingerprint density at radius 1 is 0.842 bits per heavy atom. The van der Waals surface area contributed by atoms with Gasteiger partial charge in [0.15, 0.2) is 5.78 Å². The fourth-order valence-corrected chi connectivity index (χ4v) is 6.03. The fraction of sp³-hybridized carbons (Fsp3) is 0.250. The summed E-state index contributed by atoms with van der Waals surface area (Å²) in [4.78, 5) is 31.3. The van der Waals surface area contributed by atoms with Crippen LogP contribution in [0, 0.1) is 0 Å². The Hall–Kier alpha value is -3.83. The first-order valence-electron chi connectivity index (χ1n) is 13.2. The topological polar surface area (TPSA) is 66.6 Å². The first-order valence-corrected chi connectivity index (χ1v) is 13.2. The zero-order valence-electron chi connectivity index (χ0n) is 21.6. The molecule has 4 aromatic carbocycles. The second-order valence-corrected chi connectivity index (χ2v) is 10.00. The number of amides is 1. The largest absolute Gasteiger partial charge is 0.367 e. The molecule has 1 saturated heterocycles. The first-order chi connectivity index (χ1) is 18.1. The Bertz CT molecular complexity index is 1530. The van der Waals surface area contributed by atoms with Crippen molar-refractivity contribution < 1.29 is 9.59 Å². The van der Waals surface area contributed by atoms with Crippen molar-refractivity contribution in [1.82, 2.24) is 0 Å². The van der Waals surface area contributed by atoms with Crippen LogP contribution in [0.1, 0.15) is 51.6 Å². The highest BCUT2D eigenvalue weighted by atomic mass is 35.5. The van der Waals surface area contributed by atoms with Crippen molar-refractivity contribution in [3.63, 3.8) is 0 Å². The third kappa shape index (κ3) is 4.21. The molecule has 194 valence electrons. The van der Waals surface area contributed by atoms with Gasteiger partial charge in [0.2, 0.25) is 0 Å². The number of carbonyl (C=O) groups is 2. The summed E-state index contributed by atoms with van der Waals surface area (Å²) < 4.78 is 0. The SMILES string of the molecule is CCCCc1cc2c(c(N3CCN(c4cccc5ccccc45)CC3)c1C(N)=O)C(=O)c1ccccc1-2.Cl. The van der Waals surface area contributed by atoms with Crippen molar-refractivity contribution in [3.8, 4) is 11.1 Å². The summed E-state index contributed by atoms with van der Waals surface area (Å²) in [6.45, 7) is 5.14. The highest BCUT2D eigenvalue weighted by Gasteiger charge is 2.36. The smallest absolute Gasteiger partial charge is 0.251 e. The molecule has 0 spiro atoms. The van der Waals surface area contributed by atoms with E-state index in [-0.39, 0.29) is 18.2 Å². The number of benzene rings is 4. The number of ketones is 1. The Morgan fingerprint density at radius 3 is 2.24 bits per heavy atom. The number of halogens is 1. The molecule has 2 aliphatic rings. The lowest BCUT2D eigenvalue weighted by atomic mass is 9.91. The van der Waals surface area contributed by atoms with E-state index in [1.165, 1.54) is 16.5 Å². The molecule has 0 saturated carbocycles. The van der Waals surface area contributed by atoms with Crippen LogP contribution in [0.2, 0.25) is 0 Å². The number of nitrogens with zero attached hydrogens (tertiary/aromatic N) is 2. The number of aryl methyl sites for hydroxylation is 1. The molecular weight excluding hydrogens is 494 g/mol. The Labute approximate surface area is 229 Å². The predicted molar refractivity (Wildman–Crippen MR) is 158 cm³/mol. The van der Waals surface area contributed by atoms with Gasteiger partial charge in [-0.3, -0.25) is 9.59 Å². The molecule has 1 aliphatic heterocycles. The van der Waals surface area contributed by atoms with Gasteiger partial charge in [0.05, 0.1) is 16.8 Å². The van der Waals surface area contributed by atoms with Gasteiger partial charge < -0.3 is 15.5 Å². The third-order valence-electron chi connectivity index (χ3n) is 7.82. The van der Waals surface area contributed by atoms with Gasteiger partial charge >= 0.3 is 0 Å². The third-order valence-corrected chi connectivity index (χ3v) is 7.82. The minimum Gasteiger partial charge on any atom is -0.367 e. The number of piperazine rings is 1. The van der Waals surface area contributed by atoms with Crippen molar-refractivity contribution in [2.24, 2.45) is 5.73 Å². The Kier molecular flexibility index (Phi) is 7.13. The van der Waals surface area contributed by atoms with Crippen molar-refractivity contribution in [2.75, 3.05) is 36.0 Å². The van der Waals surface area contributed by atoms with Gasteiger partial charge in [0, 0.05) is 42.8 Å². The molecule has 4 aromatic rings. The van der Waals surface area contributed by atoms with Crippen LogP contribution in [-0.4, -0.2) is 37.9 Å². The van der Waals surface area contributed by atoms with E-state index < -0.39 is 5.91 Å². The number of carbonyl (C=O) groups excluding carboxylic acids is 2. The number of anilines is 2. The molecule has 0 bridgehead atoms. The summed E-state index contributed by atoms with van der Waals surface area (Å²) in [6.07, 6.45) is 2.74. The minimum absolute atomic E-state index is 0. The summed E-state index contributed by atoms with van der Waals surface area (Å²) >= 11 is 0. The van der Waals surface area contributed by atoms with Crippen LogP contribution in [0.3, 0.4) is 0 Å². The van der Waals surface area contributed by atoms with E-state index in [9.17, 15) is 9.59 Å². The lowest BCUT2D eigenvalue weighted by Crippen LogP contribution is -2.47. The van der Waals surface area contributed by atoms with E-state index >= 15 is 0 Å². The molecule has 0 unspecified atom stereocenters. The maximum Gasteiger partial charge on any atom is 0.251 e. The second kappa shape index (κ2) is 10.5. The number of fused-ring (bicyclic) bond motifs is 4. The maximum atomic E-state index is 13.7. The molecule has 1 fully saturated rings. The normalized spacial score (nSPS) is 14.3. The van der Waals surface area contributed by atoms with Gasteiger partial charge in [0.25, 0.3) is 5.91 Å². The lowest BCUT2D eigenvalue weighted by molar-refractivity contribution is 0.0999. The first kappa shape index (κ1) is 25.8. The van der Waals surface area contributed by atoms with Crippen LogP contribution in [0.4, 0.5) is 11.4 Å². The van der Waals surface area contributed by atoms with Crippen LogP contribution in [-0.2, 0) is 6.42 Å². The molecule has 1 amide bonds. The Morgan fingerprint density at radius 2 is 1.50 bits per heavy atom. The molecule has 5 nitrogen and oxygen atoms in total. The molecule has 38 heavy (non-hydrogen) atoms. The number of rotatable bonds is 6. The van der Waals surface area contributed by atoms with Gasteiger partial charge in [-0.15, -0.1) is 12.4 Å². The number of hydrogen-bond acceptors (Lipinski definition) is 4. The van der Waals surface area contributed by atoms with Gasteiger partial charge in [-0.2, -0.15) is 0 Å². The standard InChI is InChI=1S/C32H31N3O2.ClH/c1-2-3-9-22-20-26-24-13-6-7-14-25(24)31(36)29(26)30(28(22)32(33)37)35-18-16-34(17-19-35)27-15-8-11-21-10-4-5-12-23(21)27;/h4-8,10-15,20H,2-3,9,16-19H2,1H3,(H2,33,37);1H. The van der Waals surface area contributed by atoms with E-state index in [1.54, 1.807) is 0 Å². The Balaban J connectivity index is 0.00000294. The second-order valence-electron chi connectivity index (χ2n) is 10.00. The van der Waals surface area contributed by atoms with Gasteiger partial charge in [-0.25, -0.2) is 0 Å². The average molecular weight is 526 g/mol. The predicted octanol–water partition coefficient (Wildman–Crippen LogP) is 6.24. The van der Waals surface area contributed by atoms with Crippen LogP contribution in [0.5, 0.6) is 0 Å². The summed E-state index contributed by atoms with van der Waals surface area (Å²) in [6, 6.07) is 24.7. The number of primary amides is 1. The molecule has 0 radical (unpaired) electrons. The molecule has 0 atom stereocenters. The zero-order valence-corrected chi connectivity index (χ0v) is 22.4. The van der Waals surface area contributed by atoms with Crippen LogP contribution < -0.4 is 15.5 Å². The molecule has 1 aliphatic carbocycles. The summed E-state index contributed by atoms with van der Waals surface area (Å²) in [5, 5.41) is 2.47.